The molecule has 0 saturated carbocycles. The maximum atomic E-state index is 12.2. The van der Waals surface area contributed by atoms with E-state index in [9.17, 15) is 23.3 Å². The summed E-state index contributed by atoms with van der Waals surface area (Å²) >= 11 is 0. The minimum absolute atomic E-state index is 0.0248. The Balaban J connectivity index is 3.26. The van der Waals surface area contributed by atoms with E-state index >= 15 is 0 Å². The molecule has 1 N–H and O–H groups in total. The average Bonchev–Trinajstić information content (AvgIpc) is 2.42. The van der Waals surface area contributed by atoms with E-state index in [1.165, 1.54) is 4.90 Å². The second kappa shape index (κ2) is 6.64. The van der Waals surface area contributed by atoms with Crippen LogP contribution in [0.3, 0.4) is 0 Å². The van der Waals surface area contributed by atoms with E-state index in [2.05, 4.69) is 5.32 Å². The number of nitrogens with zero attached hydrogens (tertiary/aromatic N) is 2. The molecule has 1 rings (SSSR count). The van der Waals surface area contributed by atoms with Crippen LogP contribution in [0.5, 0.6) is 0 Å². The quantitative estimate of drug-likeness (QED) is 0.597. The van der Waals surface area contributed by atoms with Crippen molar-refractivity contribution in [2.75, 3.05) is 33.4 Å². The van der Waals surface area contributed by atoms with Crippen molar-refractivity contribution in [3.05, 3.63) is 33.9 Å². The molecule has 0 aliphatic carbocycles. The first-order valence-electron chi connectivity index (χ1n) is 6.06. The number of nitrogens with one attached hydrogen (secondary N) is 1. The third kappa shape index (κ3) is 4.50. The van der Waals surface area contributed by atoms with Crippen LogP contribution in [-0.4, -0.2) is 57.6 Å². The number of non-ortho nitro benzene ring substituents is 1. The van der Waals surface area contributed by atoms with Gasteiger partial charge in [0.25, 0.3) is 11.6 Å². The second-order valence-electron chi connectivity index (χ2n) is 4.58. The molecule has 0 fully saturated rings. The minimum atomic E-state index is -3.65. The fourth-order valence-electron chi connectivity index (χ4n) is 1.63. The number of hydrogen-bond acceptors (Lipinski definition) is 6. The van der Waals surface area contributed by atoms with Gasteiger partial charge in [-0.1, -0.05) is 0 Å². The van der Waals surface area contributed by atoms with Gasteiger partial charge in [-0.2, -0.15) is 0 Å². The Morgan fingerprint density at radius 2 is 2.00 bits per heavy atom. The molecule has 0 saturated heterocycles. The van der Waals surface area contributed by atoms with E-state index in [-0.39, 0.29) is 10.5 Å². The summed E-state index contributed by atoms with van der Waals surface area (Å²) in [6.45, 7) is 0.947. The first kappa shape index (κ1) is 17.1. The number of benzene rings is 1. The van der Waals surface area contributed by atoms with Gasteiger partial charge in [0.1, 0.15) is 0 Å². The molecule has 9 heteroatoms. The van der Waals surface area contributed by atoms with Crippen molar-refractivity contribution < 1.29 is 18.1 Å². The maximum Gasteiger partial charge on any atom is 0.271 e. The van der Waals surface area contributed by atoms with Crippen molar-refractivity contribution in [1.29, 1.82) is 0 Å². The summed E-state index contributed by atoms with van der Waals surface area (Å²) in [5.74, 6) is -0.473. The largest absolute Gasteiger partial charge is 0.340 e. The van der Waals surface area contributed by atoms with Crippen LogP contribution >= 0.6 is 0 Å². The SMILES string of the molecule is CNCCN(C)C(=O)c1cc([N+](=O)[O-])cc(S(C)(=O)=O)c1. The summed E-state index contributed by atoms with van der Waals surface area (Å²) in [7, 11) is -0.375. The van der Waals surface area contributed by atoms with E-state index in [4.69, 9.17) is 0 Å². The Morgan fingerprint density at radius 1 is 1.38 bits per heavy atom. The highest BCUT2D eigenvalue weighted by molar-refractivity contribution is 7.90. The van der Waals surface area contributed by atoms with Crippen molar-refractivity contribution in [3.8, 4) is 0 Å². The molecule has 116 valence electrons. The van der Waals surface area contributed by atoms with Gasteiger partial charge in [0.05, 0.1) is 9.82 Å². The Bertz CT molecular complexity index is 657. The van der Waals surface area contributed by atoms with Gasteiger partial charge in [0.2, 0.25) is 0 Å². The molecule has 1 aromatic rings. The number of amides is 1. The molecular formula is C12H17N3O5S. The summed E-state index contributed by atoms with van der Waals surface area (Å²) in [4.78, 5) is 23.4. The van der Waals surface area contributed by atoms with Gasteiger partial charge in [-0.3, -0.25) is 14.9 Å². The van der Waals surface area contributed by atoms with Gasteiger partial charge in [0, 0.05) is 44.1 Å². The molecule has 0 bridgehead atoms. The lowest BCUT2D eigenvalue weighted by atomic mass is 10.2. The molecule has 1 amide bonds. The highest BCUT2D eigenvalue weighted by atomic mass is 32.2. The number of sulfone groups is 1. The smallest absolute Gasteiger partial charge is 0.271 e. The van der Waals surface area contributed by atoms with Gasteiger partial charge >= 0.3 is 0 Å². The van der Waals surface area contributed by atoms with Crippen LogP contribution in [0.15, 0.2) is 23.1 Å². The molecule has 0 aliphatic rings. The highest BCUT2D eigenvalue weighted by Crippen LogP contribution is 2.21. The lowest BCUT2D eigenvalue weighted by Gasteiger charge is -2.17. The van der Waals surface area contributed by atoms with Crippen LogP contribution in [0.25, 0.3) is 0 Å². The number of hydrogen-bond donors (Lipinski definition) is 1. The summed E-state index contributed by atoms with van der Waals surface area (Å²) < 4.78 is 23.1. The van der Waals surface area contributed by atoms with E-state index in [1.807, 2.05) is 0 Å². The van der Waals surface area contributed by atoms with Crippen molar-refractivity contribution in [2.45, 2.75) is 4.90 Å². The molecule has 0 spiro atoms. The van der Waals surface area contributed by atoms with Crippen LogP contribution in [0.1, 0.15) is 10.4 Å². The zero-order chi connectivity index (χ0) is 16.2. The third-order valence-corrected chi connectivity index (χ3v) is 3.91. The molecule has 0 aliphatic heterocycles. The molecule has 0 aromatic heterocycles. The van der Waals surface area contributed by atoms with Crippen molar-refractivity contribution in [2.24, 2.45) is 0 Å². The van der Waals surface area contributed by atoms with Gasteiger partial charge in [-0.25, -0.2) is 8.42 Å². The van der Waals surface area contributed by atoms with Gasteiger partial charge in [-0.15, -0.1) is 0 Å². The predicted molar refractivity (Wildman–Crippen MR) is 77.1 cm³/mol. The highest BCUT2D eigenvalue weighted by Gasteiger charge is 2.20. The van der Waals surface area contributed by atoms with E-state index in [0.29, 0.717) is 13.1 Å². The fraction of sp³-hybridized carbons (Fsp3) is 0.417. The third-order valence-electron chi connectivity index (χ3n) is 2.82. The molecular weight excluding hydrogens is 298 g/mol. The van der Waals surface area contributed by atoms with E-state index < -0.39 is 26.4 Å². The Kier molecular flexibility index (Phi) is 5.39. The Labute approximate surface area is 122 Å². The molecule has 0 atom stereocenters. The minimum Gasteiger partial charge on any atom is -0.340 e. The van der Waals surface area contributed by atoms with Crippen LogP contribution < -0.4 is 5.32 Å². The lowest BCUT2D eigenvalue weighted by Crippen LogP contribution is -2.32. The second-order valence-corrected chi connectivity index (χ2v) is 6.59. The summed E-state index contributed by atoms with van der Waals surface area (Å²) in [5.41, 5.74) is -0.452. The fourth-order valence-corrected chi connectivity index (χ4v) is 2.30. The van der Waals surface area contributed by atoms with Crippen molar-refractivity contribution >= 4 is 21.4 Å². The normalized spacial score (nSPS) is 11.2. The number of carbonyl (C=O) groups is 1. The van der Waals surface area contributed by atoms with Crippen LogP contribution in [-0.2, 0) is 9.84 Å². The Hall–Kier alpha value is -2.00. The monoisotopic (exact) mass is 315 g/mol. The van der Waals surface area contributed by atoms with Gasteiger partial charge in [0.15, 0.2) is 9.84 Å². The summed E-state index contributed by atoms with van der Waals surface area (Å²) in [6, 6.07) is 3.17. The molecule has 8 nitrogen and oxygen atoms in total. The predicted octanol–water partition coefficient (Wildman–Crippen LogP) is 0.290. The van der Waals surface area contributed by atoms with Crippen LogP contribution in [0, 0.1) is 10.1 Å². The van der Waals surface area contributed by atoms with Crippen molar-refractivity contribution in [1.82, 2.24) is 10.2 Å². The van der Waals surface area contributed by atoms with E-state index in [1.54, 1.807) is 14.1 Å². The standard InChI is InChI=1S/C12H17N3O5S/c1-13-4-5-14(2)12(16)9-6-10(15(17)18)8-11(7-9)21(3,19)20/h6-8,13H,4-5H2,1-3H3. The average molecular weight is 315 g/mol. The molecule has 1 aromatic carbocycles. The molecule has 21 heavy (non-hydrogen) atoms. The zero-order valence-corrected chi connectivity index (χ0v) is 12.8. The van der Waals surface area contributed by atoms with Crippen LogP contribution in [0.4, 0.5) is 5.69 Å². The first-order chi connectivity index (χ1) is 9.66. The summed E-state index contributed by atoms with van der Waals surface area (Å²) in [5, 5.41) is 13.7. The van der Waals surface area contributed by atoms with Crippen molar-refractivity contribution in [3.63, 3.8) is 0 Å². The van der Waals surface area contributed by atoms with Gasteiger partial charge < -0.3 is 10.2 Å². The van der Waals surface area contributed by atoms with Crippen LogP contribution in [0.2, 0.25) is 0 Å². The first-order valence-corrected chi connectivity index (χ1v) is 7.95. The molecule has 0 heterocycles. The maximum absolute atomic E-state index is 12.2. The summed E-state index contributed by atoms with van der Waals surface area (Å²) in [6.07, 6.45) is 0.936. The molecule has 0 radical (unpaired) electrons. The van der Waals surface area contributed by atoms with E-state index in [0.717, 1.165) is 24.5 Å². The topological polar surface area (TPSA) is 110 Å². The number of likely N-dealkylation sites (N-methyl/N-ethyl adjacent to an activating group) is 2. The molecule has 0 unspecified atom stereocenters. The number of nitro groups is 1. The number of carbonyl (C=O) groups excluding carboxylic acids is 1. The zero-order valence-electron chi connectivity index (χ0n) is 12.0. The number of nitro benzene ring substituents is 1. The van der Waals surface area contributed by atoms with Gasteiger partial charge in [-0.05, 0) is 13.1 Å². The Morgan fingerprint density at radius 3 is 2.48 bits per heavy atom. The lowest BCUT2D eigenvalue weighted by molar-refractivity contribution is -0.385. The number of rotatable bonds is 6.